The normalized spacial score (nSPS) is 41.2. The van der Waals surface area contributed by atoms with Gasteiger partial charge in [-0.15, -0.1) is 0 Å². The number of aldehydes is 1. The third-order valence-corrected chi connectivity index (χ3v) is 5.97. The molecule has 0 aromatic heterocycles. The lowest BCUT2D eigenvalue weighted by atomic mass is 9.66. The first kappa shape index (κ1) is 12.6. The Hall–Kier alpha value is -1.15. The van der Waals surface area contributed by atoms with E-state index in [4.69, 9.17) is 4.74 Å². The van der Waals surface area contributed by atoms with Crippen molar-refractivity contribution in [3.63, 3.8) is 0 Å². The summed E-state index contributed by atoms with van der Waals surface area (Å²) in [7, 11) is 0. The van der Waals surface area contributed by atoms with E-state index in [9.17, 15) is 4.79 Å². The van der Waals surface area contributed by atoms with Gasteiger partial charge in [0.25, 0.3) is 0 Å². The maximum Gasteiger partial charge on any atom is 0.120 e. The fourth-order valence-corrected chi connectivity index (χ4v) is 5.42. The van der Waals surface area contributed by atoms with Crippen molar-refractivity contribution >= 4 is 6.29 Å². The minimum atomic E-state index is 0.174. The third-order valence-electron chi connectivity index (χ3n) is 5.97. The highest BCUT2D eigenvalue weighted by Crippen LogP contribution is 2.66. The van der Waals surface area contributed by atoms with Crippen LogP contribution >= 0.6 is 0 Å². The first-order chi connectivity index (χ1) is 9.81. The fourth-order valence-electron chi connectivity index (χ4n) is 5.42. The van der Waals surface area contributed by atoms with Gasteiger partial charge in [-0.25, -0.2) is 0 Å². The minimum Gasteiger partial charge on any atom is -0.373 e. The summed E-state index contributed by atoms with van der Waals surface area (Å²) in [6.45, 7) is 0.694. The number of carbonyl (C=O) groups excluding carboxylic acids is 1. The van der Waals surface area contributed by atoms with E-state index in [-0.39, 0.29) is 5.41 Å². The van der Waals surface area contributed by atoms with Crippen LogP contribution in [0.2, 0.25) is 0 Å². The van der Waals surface area contributed by atoms with Crippen molar-refractivity contribution < 1.29 is 9.53 Å². The summed E-state index contributed by atoms with van der Waals surface area (Å²) < 4.78 is 6.35. The summed E-state index contributed by atoms with van der Waals surface area (Å²) in [5.41, 5.74) is 1.42. The molecule has 1 aromatic rings. The molecule has 20 heavy (non-hydrogen) atoms. The van der Waals surface area contributed by atoms with E-state index in [2.05, 4.69) is 24.3 Å². The predicted octanol–water partition coefficient (Wildman–Crippen LogP) is 3.60. The number of hydrogen-bond acceptors (Lipinski definition) is 2. The molecule has 0 radical (unpaired) electrons. The van der Waals surface area contributed by atoms with Crippen molar-refractivity contribution in [3.8, 4) is 0 Å². The second-order valence-corrected chi connectivity index (χ2v) is 7.12. The van der Waals surface area contributed by atoms with E-state index in [1.54, 1.807) is 0 Å². The van der Waals surface area contributed by atoms with Crippen LogP contribution in [0.25, 0.3) is 0 Å². The average Bonchev–Trinajstić information content (AvgIpc) is 2.85. The smallest absolute Gasteiger partial charge is 0.120 e. The Balaban J connectivity index is 1.52. The van der Waals surface area contributed by atoms with Gasteiger partial charge in [0.05, 0.1) is 12.7 Å². The SMILES string of the molecule is O=CCC12CC3CC(C1)C(C3)C2OCc1ccccc1. The van der Waals surface area contributed by atoms with Gasteiger partial charge in [-0.3, -0.25) is 0 Å². The van der Waals surface area contributed by atoms with Crippen molar-refractivity contribution in [2.45, 2.75) is 44.8 Å². The highest BCUT2D eigenvalue weighted by Gasteiger charge is 2.62. The van der Waals surface area contributed by atoms with E-state index < -0.39 is 0 Å². The molecule has 5 unspecified atom stereocenters. The number of benzene rings is 1. The Labute approximate surface area is 120 Å². The Bertz CT molecular complexity index is 493. The molecule has 0 N–H and O–H groups in total. The first-order valence-corrected chi connectivity index (χ1v) is 7.90. The number of ether oxygens (including phenoxy) is 1. The molecule has 1 aromatic carbocycles. The van der Waals surface area contributed by atoms with Gasteiger partial charge in [0, 0.05) is 11.8 Å². The molecule has 4 saturated carbocycles. The lowest BCUT2D eigenvalue weighted by Crippen LogP contribution is -2.41. The molecule has 4 bridgehead atoms. The summed E-state index contributed by atoms with van der Waals surface area (Å²) >= 11 is 0. The predicted molar refractivity (Wildman–Crippen MR) is 77.1 cm³/mol. The fraction of sp³-hybridized carbons (Fsp3) is 0.611. The highest BCUT2D eigenvalue weighted by atomic mass is 16.5. The van der Waals surface area contributed by atoms with E-state index in [1.165, 1.54) is 31.2 Å². The second-order valence-electron chi connectivity index (χ2n) is 7.12. The molecular weight excluding hydrogens is 248 g/mol. The van der Waals surface area contributed by atoms with Crippen LogP contribution in [0.3, 0.4) is 0 Å². The molecule has 0 heterocycles. The van der Waals surface area contributed by atoms with Gasteiger partial charge in [-0.1, -0.05) is 30.3 Å². The summed E-state index contributed by atoms with van der Waals surface area (Å²) in [6.07, 6.45) is 7.32. The van der Waals surface area contributed by atoms with Crippen LogP contribution in [0, 0.1) is 23.2 Å². The van der Waals surface area contributed by atoms with Crippen molar-refractivity contribution in [3.05, 3.63) is 35.9 Å². The number of hydrogen-bond donors (Lipinski definition) is 0. The van der Waals surface area contributed by atoms with Gasteiger partial charge >= 0.3 is 0 Å². The van der Waals surface area contributed by atoms with E-state index in [0.717, 1.165) is 24.0 Å². The van der Waals surface area contributed by atoms with E-state index >= 15 is 0 Å². The van der Waals surface area contributed by atoms with Crippen LogP contribution < -0.4 is 0 Å². The van der Waals surface area contributed by atoms with Crippen LogP contribution in [-0.2, 0) is 16.1 Å². The van der Waals surface area contributed by atoms with Crippen molar-refractivity contribution in [2.75, 3.05) is 0 Å². The molecule has 5 atom stereocenters. The molecule has 2 heteroatoms. The van der Waals surface area contributed by atoms with Gasteiger partial charge < -0.3 is 9.53 Å². The zero-order chi connectivity index (χ0) is 13.6. The van der Waals surface area contributed by atoms with Crippen molar-refractivity contribution in [1.29, 1.82) is 0 Å². The third kappa shape index (κ3) is 1.85. The lowest BCUT2D eigenvalue weighted by Gasteiger charge is -2.43. The molecule has 0 aliphatic heterocycles. The standard InChI is InChI=1S/C18H22O2/c19-7-6-18-10-14-8-15(11-18)16(9-14)17(18)20-12-13-4-2-1-3-5-13/h1-5,7,14-17H,6,8-12H2. The van der Waals surface area contributed by atoms with E-state index in [0.29, 0.717) is 19.1 Å². The van der Waals surface area contributed by atoms with Crippen molar-refractivity contribution in [1.82, 2.24) is 0 Å². The summed E-state index contributed by atoms with van der Waals surface area (Å²) in [5.74, 6) is 2.42. The monoisotopic (exact) mass is 270 g/mol. The van der Waals surface area contributed by atoms with Gasteiger partial charge in [-0.2, -0.15) is 0 Å². The largest absolute Gasteiger partial charge is 0.373 e. The molecule has 0 amide bonds. The lowest BCUT2D eigenvalue weighted by molar-refractivity contribution is -0.119. The highest BCUT2D eigenvalue weighted by molar-refractivity contribution is 5.51. The number of carbonyl (C=O) groups is 1. The Morgan fingerprint density at radius 1 is 1.20 bits per heavy atom. The maximum absolute atomic E-state index is 11.1. The maximum atomic E-state index is 11.1. The zero-order valence-electron chi connectivity index (χ0n) is 11.8. The Morgan fingerprint density at radius 3 is 2.85 bits per heavy atom. The molecule has 4 aliphatic rings. The summed E-state index contributed by atoms with van der Waals surface area (Å²) in [6, 6.07) is 10.4. The first-order valence-electron chi connectivity index (χ1n) is 7.90. The Morgan fingerprint density at radius 2 is 2.05 bits per heavy atom. The molecule has 4 fully saturated rings. The molecule has 106 valence electrons. The second kappa shape index (κ2) is 4.70. The van der Waals surface area contributed by atoms with Crippen LogP contribution in [0.1, 0.15) is 37.7 Å². The number of rotatable bonds is 5. The molecule has 2 nitrogen and oxygen atoms in total. The van der Waals surface area contributed by atoms with Gasteiger partial charge in [-0.05, 0) is 49.0 Å². The Kier molecular flexibility index (Phi) is 2.95. The van der Waals surface area contributed by atoms with Crippen molar-refractivity contribution in [2.24, 2.45) is 23.2 Å². The van der Waals surface area contributed by atoms with Gasteiger partial charge in [0.1, 0.15) is 6.29 Å². The van der Waals surface area contributed by atoms with E-state index in [1.807, 2.05) is 6.07 Å². The van der Waals surface area contributed by atoms with Gasteiger partial charge in [0.15, 0.2) is 0 Å². The topological polar surface area (TPSA) is 26.3 Å². The summed E-state index contributed by atoms with van der Waals surface area (Å²) in [4.78, 5) is 11.1. The molecule has 5 rings (SSSR count). The molecular formula is C18H22O2. The molecule has 4 aliphatic carbocycles. The van der Waals surface area contributed by atoms with Gasteiger partial charge in [0.2, 0.25) is 0 Å². The minimum absolute atomic E-state index is 0.174. The van der Waals surface area contributed by atoms with Crippen LogP contribution in [0.5, 0.6) is 0 Å². The average molecular weight is 270 g/mol. The van der Waals surface area contributed by atoms with Crippen LogP contribution in [0.4, 0.5) is 0 Å². The zero-order valence-corrected chi connectivity index (χ0v) is 11.8. The molecule has 0 saturated heterocycles. The summed E-state index contributed by atoms with van der Waals surface area (Å²) in [5, 5.41) is 0. The molecule has 0 spiro atoms. The van der Waals surface area contributed by atoms with Crippen LogP contribution in [0.15, 0.2) is 30.3 Å². The van der Waals surface area contributed by atoms with Crippen LogP contribution in [-0.4, -0.2) is 12.4 Å². The quantitative estimate of drug-likeness (QED) is 0.764.